The van der Waals surface area contributed by atoms with Crippen molar-refractivity contribution in [1.29, 1.82) is 0 Å². The zero-order valence-electron chi connectivity index (χ0n) is 18.1. The summed E-state index contributed by atoms with van der Waals surface area (Å²) in [4.78, 5) is 16.0. The molecule has 8 heteroatoms. The van der Waals surface area contributed by atoms with Gasteiger partial charge in [-0.25, -0.2) is 4.98 Å². The summed E-state index contributed by atoms with van der Waals surface area (Å²) < 4.78 is 23.3. The monoisotopic (exact) mass is 430 g/mol. The van der Waals surface area contributed by atoms with E-state index in [1.807, 2.05) is 26.0 Å². The van der Waals surface area contributed by atoms with E-state index in [2.05, 4.69) is 10.1 Å². The molecule has 2 aromatic rings. The first kappa shape index (κ1) is 21.8. The van der Waals surface area contributed by atoms with Gasteiger partial charge in [0.1, 0.15) is 11.4 Å². The number of carboxylic acid groups (broad SMARTS) is 1. The number of carbonyl (C=O) groups is 1. The quantitative estimate of drug-likeness (QED) is 0.688. The molecule has 1 aliphatic heterocycles. The Balaban J connectivity index is 1.45. The fourth-order valence-electron chi connectivity index (χ4n) is 4.23. The number of pyridine rings is 1. The Labute approximate surface area is 181 Å². The third-order valence-corrected chi connectivity index (χ3v) is 6.08. The number of nitrogens with zero attached hydrogens (tertiary/aromatic N) is 2. The molecule has 2 aliphatic rings. The number of ether oxygens (including phenoxy) is 3. The topological polar surface area (TPSA) is 104 Å². The van der Waals surface area contributed by atoms with Gasteiger partial charge >= 0.3 is 5.97 Å². The molecule has 0 spiro atoms. The Morgan fingerprint density at radius 3 is 2.77 bits per heavy atom. The van der Waals surface area contributed by atoms with Crippen molar-refractivity contribution >= 4 is 5.97 Å². The maximum absolute atomic E-state index is 11.3. The van der Waals surface area contributed by atoms with Gasteiger partial charge in [-0.3, -0.25) is 4.79 Å². The molecule has 3 heterocycles. The zero-order chi connectivity index (χ0) is 21.8. The molecule has 2 fully saturated rings. The highest BCUT2D eigenvalue weighted by Gasteiger charge is 2.28. The lowest BCUT2D eigenvalue weighted by molar-refractivity contribution is -0.168. The predicted octanol–water partition coefficient (Wildman–Crippen LogP) is 4.42. The average molecular weight is 431 g/mol. The molecule has 1 saturated carbocycles. The number of aryl methyl sites for hydroxylation is 2. The maximum atomic E-state index is 11.3. The fourth-order valence-corrected chi connectivity index (χ4v) is 4.23. The third kappa shape index (κ3) is 5.25. The number of aromatic nitrogens is 2. The Kier molecular flexibility index (Phi) is 6.87. The minimum absolute atomic E-state index is 0.104. The van der Waals surface area contributed by atoms with Gasteiger partial charge in [0.05, 0.1) is 35.6 Å². The largest absolute Gasteiger partial charge is 0.489 e. The summed E-state index contributed by atoms with van der Waals surface area (Å²) >= 11 is 0. The van der Waals surface area contributed by atoms with Gasteiger partial charge in [-0.05, 0) is 70.9 Å². The van der Waals surface area contributed by atoms with Gasteiger partial charge < -0.3 is 23.8 Å². The molecular weight excluding hydrogens is 400 g/mol. The van der Waals surface area contributed by atoms with Crippen LogP contribution in [0.2, 0.25) is 0 Å². The molecule has 0 aromatic carbocycles. The van der Waals surface area contributed by atoms with E-state index in [0.29, 0.717) is 36.7 Å². The molecule has 1 N–H and O–H groups in total. The first-order valence-electron chi connectivity index (χ1n) is 11.1. The summed E-state index contributed by atoms with van der Waals surface area (Å²) in [6, 6.07) is 3.72. The molecule has 0 bridgehead atoms. The molecule has 2 unspecified atom stereocenters. The van der Waals surface area contributed by atoms with Crippen LogP contribution in [0.1, 0.15) is 61.9 Å². The SMILES string of the molecule is Cc1nc(-c2onc(C)c2COC2CCCCO2)ccc1OC1CCC[C@H](C(=O)O)C1. The molecule has 0 amide bonds. The van der Waals surface area contributed by atoms with Gasteiger partial charge in [-0.2, -0.15) is 0 Å². The highest BCUT2D eigenvalue weighted by Crippen LogP contribution is 2.32. The van der Waals surface area contributed by atoms with Crippen molar-refractivity contribution in [2.24, 2.45) is 5.92 Å². The number of rotatable bonds is 7. The smallest absolute Gasteiger partial charge is 0.306 e. The van der Waals surface area contributed by atoms with E-state index in [-0.39, 0.29) is 18.3 Å². The third-order valence-electron chi connectivity index (χ3n) is 6.08. The minimum Gasteiger partial charge on any atom is -0.489 e. The van der Waals surface area contributed by atoms with Gasteiger partial charge in [0, 0.05) is 6.61 Å². The van der Waals surface area contributed by atoms with Crippen LogP contribution in [0.25, 0.3) is 11.5 Å². The van der Waals surface area contributed by atoms with E-state index >= 15 is 0 Å². The van der Waals surface area contributed by atoms with Crippen LogP contribution < -0.4 is 4.74 Å². The lowest BCUT2D eigenvalue weighted by Gasteiger charge is -2.27. The van der Waals surface area contributed by atoms with Crippen LogP contribution >= 0.6 is 0 Å². The molecule has 1 aliphatic carbocycles. The van der Waals surface area contributed by atoms with Crippen LogP contribution in [0.3, 0.4) is 0 Å². The first-order chi connectivity index (χ1) is 15.0. The summed E-state index contributed by atoms with van der Waals surface area (Å²) in [5.41, 5.74) is 3.03. The van der Waals surface area contributed by atoms with Gasteiger partial charge in [0.25, 0.3) is 0 Å². The van der Waals surface area contributed by atoms with E-state index in [0.717, 1.165) is 55.7 Å². The Bertz CT molecular complexity index is 905. The van der Waals surface area contributed by atoms with Gasteiger partial charge in [0.2, 0.25) is 0 Å². The van der Waals surface area contributed by atoms with Crippen molar-refractivity contribution in [2.45, 2.75) is 77.8 Å². The van der Waals surface area contributed by atoms with Crippen LogP contribution in [-0.4, -0.2) is 40.2 Å². The number of aliphatic carboxylic acids is 1. The molecule has 2 aromatic heterocycles. The standard InChI is InChI=1S/C23H30N2O6/c1-14-18(13-29-21-8-3-4-11-28-21)22(31-25-14)19-9-10-20(15(2)24-19)30-17-7-5-6-16(12-17)23(26)27/h9-10,16-17,21H,3-8,11-13H2,1-2H3,(H,26,27)/t16-,17?,21?/m0/s1. The number of carboxylic acids is 1. The molecule has 168 valence electrons. The van der Waals surface area contributed by atoms with E-state index in [9.17, 15) is 9.90 Å². The van der Waals surface area contributed by atoms with Crippen LogP contribution in [0.15, 0.2) is 16.7 Å². The van der Waals surface area contributed by atoms with Crippen molar-refractivity contribution in [1.82, 2.24) is 10.1 Å². The average Bonchev–Trinajstić information content (AvgIpc) is 3.15. The fraction of sp³-hybridized carbons (Fsp3) is 0.609. The number of hydrogen-bond acceptors (Lipinski definition) is 7. The Morgan fingerprint density at radius 2 is 2.03 bits per heavy atom. The van der Waals surface area contributed by atoms with Crippen molar-refractivity contribution in [3.8, 4) is 17.2 Å². The predicted molar refractivity (Wildman–Crippen MR) is 112 cm³/mol. The van der Waals surface area contributed by atoms with Gasteiger partial charge in [0.15, 0.2) is 12.1 Å². The summed E-state index contributed by atoms with van der Waals surface area (Å²) in [5, 5.41) is 13.4. The van der Waals surface area contributed by atoms with Crippen molar-refractivity contribution in [2.75, 3.05) is 6.61 Å². The van der Waals surface area contributed by atoms with Crippen LogP contribution in [0, 0.1) is 19.8 Å². The highest BCUT2D eigenvalue weighted by molar-refractivity contribution is 5.70. The summed E-state index contributed by atoms with van der Waals surface area (Å²) in [6.07, 6.45) is 5.75. The van der Waals surface area contributed by atoms with Crippen LogP contribution in [0.4, 0.5) is 0 Å². The lowest BCUT2D eigenvalue weighted by Crippen LogP contribution is -2.29. The lowest BCUT2D eigenvalue weighted by atomic mass is 9.87. The Hall–Kier alpha value is -2.45. The second-order valence-electron chi connectivity index (χ2n) is 8.40. The normalized spacial score (nSPS) is 24.1. The molecule has 1 saturated heterocycles. The van der Waals surface area contributed by atoms with Gasteiger partial charge in [-0.15, -0.1) is 0 Å². The van der Waals surface area contributed by atoms with E-state index < -0.39 is 5.97 Å². The first-order valence-corrected chi connectivity index (χ1v) is 11.1. The molecule has 3 atom stereocenters. The number of hydrogen-bond donors (Lipinski definition) is 1. The van der Waals surface area contributed by atoms with Crippen molar-refractivity contribution < 1.29 is 28.6 Å². The molecule has 31 heavy (non-hydrogen) atoms. The van der Waals surface area contributed by atoms with Gasteiger partial charge in [-0.1, -0.05) is 5.16 Å². The highest BCUT2D eigenvalue weighted by atomic mass is 16.7. The Morgan fingerprint density at radius 1 is 1.16 bits per heavy atom. The molecule has 8 nitrogen and oxygen atoms in total. The second-order valence-corrected chi connectivity index (χ2v) is 8.40. The summed E-state index contributed by atoms with van der Waals surface area (Å²) in [6.45, 7) is 4.86. The zero-order valence-corrected chi connectivity index (χ0v) is 18.1. The van der Waals surface area contributed by atoms with E-state index in [1.54, 1.807) is 0 Å². The summed E-state index contributed by atoms with van der Waals surface area (Å²) in [7, 11) is 0. The van der Waals surface area contributed by atoms with Crippen molar-refractivity contribution in [3.05, 3.63) is 29.1 Å². The summed E-state index contributed by atoms with van der Waals surface area (Å²) in [5.74, 6) is 0.183. The molecule has 4 rings (SSSR count). The van der Waals surface area contributed by atoms with Crippen LogP contribution in [0.5, 0.6) is 5.75 Å². The molecule has 0 radical (unpaired) electrons. The maximum Gasteiger partial charge on any atom is 0.306 e. The van der Waals surface area contributed by atoms with Crippen LogP contribution in [-0.2, 0) is 20.9 Å². The minimum atomic E-state index is -0.743. The van der Waals surface area contributed by atoms with E-state index in [4.69, 9.17) is 18.7 Å². The van der Waals surface area contributed by atoms with E-state index in [1.165, 1.54) is 0 Å². The molecular formula is C23H30N2O6. The second kappa shape index (κ2) is 9.78. The van der Waals surface area contributed by atoms with Crippen molar-refractivity contribution in [3.63, 3.8) is 0 Å².